The highest BCUT2D eigenvalue weighted by atomic mass is 32.1. The fourth-order valence-electron chi connectivity index (χ4n) is 4.88. The van der Waals surface area contributed by atoms with Gasteiger partial charge in [-0.25, -0.2) is 5.01 Å². The number of nitrogens with zero attached hydrogens (tertiary/aromatic N) is 3. The average Bonchev–Trinajstić information content (AvgIpc) is 3.53. The molecule has 1 spiro atoms. The van der Waals surface area contributed by atoms with Crippen molar-refractivity contribution in [2.24, 2.45) is 10.5 Å². The van der Waals surface area contributed by atoms with Crippen LogP contribution >= 0.6 is 22.7 Å². The van der Waals surface area contributed by atoms with E-state index in [0.29, 0.717) is 6.42 Å². The number of carbonyl (C=O) groups excluding carboxylic acids is 3. The van der Waals surface area contributed by atoms with E-state index in [1.54, 1.807) is 22.7 Å². The average molecular weight is 442 g/mol. The van der Waals surface area contributed by atoms with Gasteiger partial charge < -0.3 is 0 Å². The maximum atomic E-state index is 13.3. The van der Waals surface area contributed by atoms with Gasteiger partial charge in [0.15, 0.2) is 0 Å². The third-order valence-corrected chi connectivity index (χ3v) is 8.33. The molecule has 2 aliphatic heterocycles. The molecule has 1 atom stereocenters. The second kappa shape index (κ2) is 7.74. The standard InChI is InChI=1S/C22H23N3O3S2/c26-19-13-22(8-2-1-3-9-22)21(28)24(19)14-20(27)25-16(18-7-5-11-30-18)12-15(23-25)17-6-4-10-29-17/h4-7,10-11,16H,1-3,8-9,12-14H2. The van der Waals surface area contributed by atoms with Gasteiger partial charge in [-0.1, -0.05) is 31.4 Å². The van der Waals surface area contributed by atoms with E-state index in [2.05, 4.69) is 5.10 Å². The van der Waals surface area contributed by atoms with Gasteiger partial charge in [0, 0.05) is 17.7 Å². The summed E-state index contributed by atoms with van der Waals surface area (Å²) in [7, 11) is 0. The number of hydrazone groups is 1. The summed E-state index contributed by atoms with van der Waals surface area (Å²) in [5, 5.41) is 10.1. The predicted octanol–water partition coefficient (Wildman–Crippen LogP) is 4.20. The molecular formula is C22H23N3O3S2. The number of hydrogen-bond acceptors (Lipinski definition) is 6. The van der Waals surface area contributed by atoms with E-state index in [1.807, 2.05) is 35.0 Å². The van der Waals surface area contributed by atoms with Crippen LogP contribution in [0.1, 0.15) is 60.7 Å². The second-order valence-corrected chi connectivity index (χ2v) is 10.2. The van der Waals surface area contributed by atoms with Crippen molar-refractivity contribution in [3.63, 3.8) is 0 Å². The molecule has 8 heteroatoms. The number of hydrogen-bond donors (Lipinski definition) is 0. The minimum Gasteiger partial charge on any atom is -0.274 e. The molecule has 1 saturated heterocycles. The lowest BCUT2D eigenvalue weighted by molar-refractivity contribution is -0.148. The first-order chi connectivity index (χ1) is 14.6. The molecule has 1 saturated carbocycles. The summed E-state index contributed by atoms with van der Waals surface area (Å²) < 4.78 is 0. The zero-order chi connectivity index (χ0) is 20.7. The van der Waals surface area contributed by atoms with Crippen LogP contribution in [0.25, 0.3) is 0 Å². The predicted molar refractivity (Wildman–Crippen MR) is 116 cm³/mol. The molecule has 30 heavy (non-hydrogen) atoms. The van der Waals surface area contributed by atoms with Crippen molar-refractivity contribution in [2.75, 3.05) is 6.54 Å². The quantitative estimate of drug-likeness (QED) is 0.668. The molecule has 0 radical (unpaired) electrons. The molecule has 2 fully saturated rings. The summed E-state index contributed by atoms with van der Waals surface area (Å²) in [4.78, 5) is 42.3. The lowest BCUT2D eigenvalue weighted by Crippen LogP contribution is -2.43. The molecule has 6 nitrogen and oxygen atoms in total. The first-order valence-corrected chi connectivity index (χ1v) is 12.1. The van der Waals surface area contributed by atoms with Gasteiger partial charge in [0.05, 0.1) is 22.0 Å². The van der Waals surface area contributed by atoms with Crippen molar-refractivity contribution >= 4 is 46.1 Å². The molecule has 0 N–H and O–H groups in total. The van der Waals surface area contributed by atoms with Crippen LogP contribution in [0.5, 0.6) is 0 Å². The molecule has 0 aromatic carbocycles. The summed E-state index contributed by atoms with van der Waals surface area (Å²) >= 11 is 3.19. The lowest BCUT2D eigenvalue weighted by Gasteiger charge is -2.30. The van der Waals surface area contributed by atoms with Crippen LogP contribution in [0.3, 0.4) is 0 Å². The van der Waals surface area contributed by atoms with Gasteiger partial charge in [-0.05, 0) is 35.7 Å². The molecule has 3 aliphatic rings. The Labute approximate surface area is 183 Å². The maximum absolute atomic E-state index is 13.3. The van der Waals surface area contributed by atoms with E-state index in [-0.39, 0.29) is 36.7 Å². The number of rotatable bonds is 4. The third kappa shape index (κ3) is 3.32. The molecular weight excluding hydrogens is 418 g/mol. The zero-order valence-corrected chi connectivity index (χ0v) is 18.2. The molecule has 5 rings (SSSR count). The second-order valence-electron chi connectivity index (χ2n) is 8.30. The molecule has 3 amide bonds. The van der Waals surface area contributed by atoms with Gasteiger partial charge in [0.25, 0.3) is 5.91 Å². The summed E-state index contributed by atoms with van der Waals surface area (Å²) in [6.45, 7) is -0.220. The number of amides is 3. The minimum atomic E-state index is -0.570. The van der Waals surface area contributed by atoms with Crippen molar-refractivity contribution in [2.45, 2.75) is 51.0 Å². The smallest absolute Gasteiger partial charge is 0.263 e. The van der Waals surface area contributed by atoms with Crippen LogP contribution in [0.4, 0.5) is 0 Å². The first kappa shape index (κ1) is 19.6. The number of carbonyl (C=O) groups is 3. The molecule has 2 aromatic rings. The normalized spacial score (nSPS) is 23.5. The van der Waals surface area contributed by atoms with E-state index in [0.717, 1.165) is 47.6 Å². The Balaban J connectivity index is 1.38. The van der Waals surface area contributed by atoms with Gasteiger partial charge in [-0.2, -0.15) is 5.10 Å². The largest absolute Gasteiger partial charge is 0.274 e. The third-order valence-electron chi connectivity index (χ3n) is 6.44. The Morgan fingerprint density at radius 1 is 1.10 bits per heavy atom. The fourth-order valence-corrected chi connectivity index (χ4v) is 6.41. The monoisotopic (exact) mass is 441 g/mol. The van der Waals surface area contributed by atoms with E-state index in [4.69, 9.17) is 0 Å². The van der Waals surface area contributed by atoms with Crippen LogP contribution in [-0.2, 0) is 14.4 Å². The summed E-state index contributed by atoms with van der Waals surface area (Å²) in [5.41, 5.74) is 0.304. The number of imide groups is 1. The Bertz CT molecular complexity index is 991. The number of likely N-dealkylation sites (tertiary alicyclic amines) is 1. The SMILES string of the molecule is O=C1CC2(CCCCC2)C(=O)N1CC(=O)N1N=C(c2cccs2)CC1c1cccs1. The fraction of sp³-hybridized carbons (Fsp3) is 0.455. The highest BCUT2D eigenvalue weighted by molar-refractivity contribution is 7.12. The molecule has 0 bridgehead atoms. The van der Waals surface area contributed by atoms with Crippen molar-refractivity contribution in [1.29, 1.82) is 0 Å². The van der Waals surface area contributed by atoms with Gasteiger partial charge in [-0.3, -0.25) is 19.3 Å². The van der Waals surface area contributed by atoms with Crippen molar-refractivity contribution < 1.29 is 14.4 Å². The van der Waals surface area contributed by atoms with E-state index >= 15 is 0 Å². The lowest BCUT2D eigenvalue weighted by atomic mass is 9.73. The highest BCUT2D eigenvalue weighted by Gasteiger charge is 2.52. The summed E-state index contributed by atoms with van der Waals surface area (Å²) in [6.07, 6.45) is 5.45. The number of thiophene rings is 2. The van der Waals surface area contributed by atoms with Crippen LogP contribution in [0, 0.1) is 5.41 Å². The van der Waals surface area contributed by atoms with Crippen LogP contribution in [0.15, 0.2) is 40.1 Å². The minimum absolute atomic E-state index is 0.158. The van der Waals surface area contributed by atoms with Crippen molar-refractivity contribution in [3.8, 4) is 0 Å². The molecule has 1 unspecified atom stereocenters. The van der Waals surface area contributed by atoms with Gasteiger partial charge in [-0.15, -0.1) is 22.7 Å². The molecule has 2 aromatic heterocycles. The van der Waals surface area contributed by atoms with Gasteiger partial charge >= 0.3 is 0 Å². The van der Waals surface area contributed by atoms with Gasteiger partial charge in [0.1, 0.15) is 6.54 Å². The summed E-state index contributed by atoms with van der Waals surface area (Å²) in [6, 6.07) is 7.76. The molecule has 1 aliphatic carbocycles. The zero-order valence-electron chi connectivity index (χ0n) is 16.6. The Morgan fingerprint density at radius 2 is 1.87 bits per heavy atom. The first-order valence-electron chi connectivity index (χ1n) is 10.4. The van der Waals surface area contributed by atoms with E-state index in [9.17, 15) is 14.4 Å². The maximum Gasteiger partial charge on any atom is 0.263 e. The topological polar surface area (TPSA) is 70.1 Å². The van der Waals surface area contributed by atoms with Crippen molar-refractivity contribution in [3.05, 3.63) is 44.8 Å². The molecule has 156 valence electrons. The van der Waals surface area contributed by atoms with Crippen LogP contribution in [-0.4, -0.2) is 39.9 Å². The van der Waals surface area contributed by atoms with Crippen LogP contribution in [0.2, 0.25) is 0 Å². The highest BCUT2D eigenvalue weighted by Crippen LogP contribution is 2.45. The Morgan fingerprint density at radius 3 is 2.57 bits per heavy atom. The van der Waals surface area contributed by atoms with Crippen molar-refractivity contribution in [1.82, 2.24) is 9.91 Å². The van der Waals surface area contributed by atoms with Gasteiger partial charge in [0.2, 0.25) is 11.8 Å². The Kier molecular flexibility index (Phi) is 5.06. The van der Waals surface area contributed by atoms with E-state index in [1.165, 1.54) is 9.91 Å². The summed E-state index contributed by atoms with van der Waals surface area (Å²) in [5.74, 6) is -0.672. The Hall–Kier alpha value is -2.32. The van der Waals surface area contributed by atoms with E-state index < -0.39 is 5.41 Å². The van der Waals surface area contributed by atoms with Crippen LogP contribution < -0.4 is 0 Å². The molecule has 4 heterocycles.